The topological polar surface area (TPSA) is 37.3 Å². The molecule has 1 saturated carbocycles. The molecule has 2 rings (SSSR count). The molecule has 1 fully saturated rings. The predicted molar refractivity (Wildman–Crippen MR) is 56.7 cm³/mol. The zero-order valence-electron chi connectivity index (χ0n) is 8.57. The highest BCUT2D eigenvalue weighted by atomic mass is 32.1. The van der Waals surface area contributed by atoms with Crippen LogP contribution in [0.15, 0.2) is 10.8 Å². The SMILES string of the molecule is Cc1cscc1[C@H]1[C@H](C(=O)O)C1(C)C. The molecule has 1 aromatic heterocycles. The lowest BCUT2D eigenvalue weighted by Crippen LogP contribution is -2.03. The lowest BCUT2D eigenvalue weighted by Gasteiger charge is -2.00. The van der Waals surface area contributed by atoms with Gasteiger partial charge in [0.1, 0.15) is 0 Å². The van der Waals surface area contributed by atoms with Crippen molar-refractivity contribution in [3.8, 4) is 0 Å². The second kappa shape index (κ2) is 2.83. The molecule has 0 amide bonds. The molecule has 1 heterocycles. The molecule has 0 unspecified atom stereocenters. The van der Waals surface area contributed by atoms with Crippen molar-refractivity contribution >= 4 is 17.3 Å². The molecule has 0 spiro atoms. The number of aryl methyl sites for hydroxylation is 1. The van der Waals surface area contributed by atoms with Crippen molar-refractivity contribution in [1.82, 2.24) is 0 Å². The van der Waals surface area contributed by atoms with Gasteiger partial charge in [0.05, 0.1) is 5.92 Å². The summed E-state index contributed by atoms with van der Waals surface area (Å²) in [6.07, 6.45) is 0. The molecule has 2 nitrogen and oxygen atoms in total. The maximum atomic E-state index is 11.0. The Balaban J connectivity index is 2.32. The van der Waals surface area contributed by atoms with E-state index in [4.69, 9.17) is 5.11 Å². The van der Waals surface area contributed by atoms with Crippen LogP contribution in [0.3, 0.4) is 0 Å². The zero-order chi connectivity index (χ0) is 10.5. The Bertz CT molecular complexity index is 378. The number of thiophene rings is 1. The highest BCUT2D eigenvalue weighted by Gasteiger charge is 2.63. The van der Waals surface area contributed by atoms with Crippen molar-refractivity contribution in [3.05, 3.63) is 21.9 Å². The fourth-order valence-electron chi connectivity index (χ4n) is 2.37. The largest absolute Gasteiger partial charge is 0.481 e. The number of rotatable bonds is 2. The number of aliphatic carboxylic acids is 1. The van der Waals surface area contributed by atoms with Gasteiger partial charge in [0, 0.05) is 5.92 Å². The Hall–Kier alpha value is -0.830. The monoisotopic (exact) mass is 210 g/mol. The van der Waals surface area contributed by atoms with E-state index < -0.39 is 5.97 Å². The third-order valence-corrected chi connectivity index (χ3v) is 4.20. The van der Waals surface area contributed by atoms with Crippen LogP contribution in [0, 0.1) is 18.3 Å². The summed E-state index contributed by atoms with van der Waals surface area (Å²) < 4.78 is 0. The molecule has 0 saturated heterocycles. The molecule has 0 bridgehead atoms. The van der Waals surface area contributed by atoms with Gasteiger partial charge in [0.25, 0.3) is 0 Å². The van der Waals surface area contributed by atoms with Crippen LogP contribution in [0.4, 0.5) is 0 Å². The van der Waals surface area contributed by atoms with Gasteiger partial charge in [-0.05, 0) is 34.2 Å². The fourth-order valence-corrected chi connectivity index (χ4v) is 3.26. The van der Waals surface area contributed by atoms with Gasteiger partial charge in [0.2, 0.25) is 0 Å². The third kappa shape index (κ3) is 1.19. The molecule has 1 aliphatic carbocycles. The van der Waals surface area contributed by atoms with Crippen LogP contribution in [0.2, 0.25) is 0 Å². The molecular formula is C11H14O2S. The van der Waals surface area contributed by atoms with Gasteiger partial charge in [0.15, 0.2) is 0 Å². The number of hydrogen-bond donors (Lipinski definition) is 1. The Morgan fingerprint density at radius 3 is 2.50 bits per heavy atom. The highest BCUT2D eigenvalue weighted by molar-refractivity contribution is 7.08. The minimum Gasteiger partial charge on any atom is -0.481 e. The first kappa shape index (κ1) is 9.71. The first-order chi connectivity index (χ1) is 6.46. The molecule has 3 heteroatoms. The van der Waals surface area contributed by atoms with Gasteiger partial charge < -0.3 is 5.11 Å². The highest BCUT2D eigenvalue weighted by Crippen LogP contribution is 2.65. The van der Waals surface area contributed by atoms with Crippen LogP contribution >= 0.6 is 11.3 Å². The lowest BCUT2D eigenvalue weighted by atomic mass is 10.0. The molecule has 2 atom stereocenters. The number of carboxylic acids is 1. The van der Waals surface area contributed by atoms with Crippen LogP contribution in [-0.4, -0.2) is 11.1 Å². The van der Waals surface area contributed by atoms with Crippen molar-refractivity contribution in [2.24, 2.45) is 11.3 Å². The number of hydrogen-bond acceptors (Lipinski definition) is 2. The molecular weight excluding hydrogens is 196 g/mol. The molecule has 0 aliphatic heterocycles. The second-order valence-corrected chi connectivity index (χ2v) is 5.37. The number of carboxylic acid groups (broad SMARTS) is 1. The molecule has 1 aromatic rings. The van der Waals surface area contributed by atoms with E-state index in [1.807, 2.05) is 13.8 Å². The Kier molecular flexibility index (Phi) is 1.96. The summed E-state index contributed by atoms with van der Waals surface area (Å²) in [4.78, 5) is 11.0. The first-order valence-electron chi connectivity index (χ1n) is 4.71. The lowest BCUT2D eigenvalue weighted by molar-refractivity contribution is -0.139. The van der Waals surface area contributed by atoms with E-state index >= 15 is 0 Å². The summed E-state index contributed by atoms with van der Waals surface area (Å²) in [7, 11) is 0. The fraction of sp³-hybridized carbons (Fsp3) is 0.545. The maximum absolute atomic E-state index is 11.0. The summed E-state index contributed by atoms with van der Waals surface area (Å²) in [5, 5.41) is 13.2. The average molecular weight is 210 g/mol. The summed E-state index contributed by atoms with van der Waals surface area (Å²) in [5.74, 6) is -0.646. The van der Waals surface area contributed by atoms with Gasteiger partial charge in [-0.2, -0.15) is 11.3 Å². The summed E-state index contributed by atoms with van der Waals surface area (Å²) in [6, 6.07) is 0. The first-order valence-corrected chi connectivity index (χ1v) is 5.66. The zero-order valence-corrected chi connectivity index (χ0v) is 9.39. The molecule has 14 heavy (non-hydrogen) atoms. The molecule has 0 aromatic carbocycles. The van der Waals surface area contributed by atoms with E-state index in [2.05, 4.69) is 17.7 Å². The summed E-state index contributed by atoms with van der Waals surface area (Å²) >= 11 is 1.66. The van der Waals surface area contributed by atoms with Gasteiger partial charge in [-0.15, -0.1) is 0 Å². The molecule has 0 radical (unpaired) electrons. The van der Waals surface area contributed by atoms with Gasteiger partial charge in [-0.25, -0.2) is 0 Å². The van der Waals surface area contributed by atoms with E-state index in [9.17, 15) is 4.79 Å². The third-order valence-electron chi connectivity index (χ3n) is 3.32. The second-order valence-electron chi connectivity index (χ2n) is 4.63. The summed E-state index contributed by atoms with van der Waals surface area (Å²) in [5.41, 5.74) is 2.39. The van der Waals surface area contributed by atoms with Gasteiger partial charge in [-0.3, -0.25) is 4.79 Å². The normalized spacial score (nSPS) is 28.8. The van der Waals surface area contributed by atoms with Gasteiger partial charge >= 0.3 is 5.97 Å². The van der Waals surface area contributed by atoms with E-state index in [0.29, 0.717) is 0 Å². The smallest absolute Gasteiger partial charge is 0.307 e. The molecule has 76 valence electrons. The van der Waals surface area contributed by atoms with Crippen molar-refractivity contribution in [3.63, 3.8) is 0 Å². The standard InChI is InChI=1S/C11H14O2S/c1-6-4-14-5-7(6)8-9(10(12)13)11(8,2)3/h4-5,8-9H,1-3H3,(H,12,13)/t8-,9+/m0/s1. The van der Waals surface area contributed by atoms with Crippen molar-refractivity contribution in [2.45, 2.75) is 26.7 Å². The predicted octanol–water partition coefficient (Wildman–Crippen LogP) is 2.88. The minimum atomic E-state index is -0.661. The molecule has 1 aliphatic rings. The Morgan fingerprint density at radius 1 is 1.50 bits per heavy atom. The van der Waals surface area contributed by atoms with Crippen LogP contribution in [0.25, 0.3) is 0 Å². The average Bonchev–Trinajstić information content (AvgIpc) is 2.42. The summed E-state index contributed by atoms with van der Waals surface area (Å²) in [6.45, 7) is 6.13. The van der Waals surface area contributed by atoms with E-state index in [0.717, 1.165) is 0 Å². The van der Waals surface area contributed by atoms with Crippen molar-refractivity contribution in [1.29, 1.82) is 0 Å². The Labute approximate surface area is 87.6 Å². The van der Waals surface area contributed by atoms with E-state index in [1.165, 1.54) is 11.1 Å². The molecule has 1 N–H and O–H groups in total. The van der Waals surface area contributed by atoms with Crippen molar-refractivity contribution in [2.75, 3.05) is 0 Å². The van der Waals surface area contributed by atoms with Gasteiger partial charge in [-0.1, -0.05) is 13.8 Å². The van der Waals surface area contributed by atoms with E-state index in [1.54, 1.807) is 11.3 Å². The Morgan fingerprint density at radius 2 is 2.14 bits per heavy atom. The quantitative estimate of drug-likeness (QED) is 0.815. The number of carbonyl (C=O) groups is 1. The van der Waals surface area contributed by atoms with E-state index in [-0.39, 0.29) is 17.3 Å². The maximum Gasteiger partial charge on any atom is 0.307 e. The van der Waals surface area contributed by atoms with Crippen molar-refractivity contribution < 1.29 is 9.90 Å². The van der Waals surface area contributed by atoms with Crippen LogP contribution < -0.4 is 0 Å². The minimum absolute atomic E-state index is 0.0718. The van der Waals surface area contributed by atoms with Crippen LogP contribution in [0.1, 0.15) is 30.9 Å². The van der Waals surface area contributed by atoms with Crippen LogP contribution in [0.5, 0.6) is 0 Å². The van der Waals surface area contributed by atoms with Crippen LogP contribution in [-0.2, 0) is 4.79 Å².